The van der Waals surface area contributed by atoms with Gasteiger partial charge in [0.05, 0.1) is 12.8 Å². The monoisotopic (exact) mass is 234 g/mol. The van der Waals surface area contributed by atoms with Crippen molar-refractivity contribution < 1.29 is 13.9 Å². The van der Waals surface area contributed by atoms with E-state index in [0.717, 1.165) is 0 Å². The number of benzene rings is 1. The third kappa shape index (κ3) is 2.44. The van der Waals surface area contributed by atoms with Gasteiger partial charge in [0.15, 0.2) is 5.75 Å². The van der Waals surface area contributed by atoms with Gasteiger partial charge in [0, 0.05) is 12.3 Å². The molecule has 17 heavy (non-hydrogen) atoms. The first-order valence-corrected chi connectivity index (χ1v) is 4.92. The van der Waals surface area contributed by atoms with Crippen molar-refractivity contribution in [3.05, 3.63) is 42.3 Å². The van der Waals surface area contributed by atoms with Crippen LogP contribution in [0.3, 0.4) is 0 Å². The van der Waals surface area contributed by atoms with Crippen LogP contribution in [0.15, 0.2) is 36.5 Å². The van der Waals surface area contributed by atoms with Crippen LogP contribution in [-0.2, 0) is 0 Å². The van der Waals surface area contributed by atoms with E-state index in [-0.39, 0.29) is 11.6 Å². The molecular weight excluding hydrogens is 223 g/mol. The molecule has 0 saturated heterocycles. The molecule has 1 aromatic heterocycles. The van der Waals surface area contributed by atoms with Crippen molar-refractivity contribution in [2.24, 2.45) is 0 Å². The predicted octanol–water partition coefficient (Wildman–Crippen LogP) is 2.60. The number of nitrogens with zero attached hydrogens (tertiary/aromatic N) is 1. The molecule has 2 aromatic rings. The Kier molecular flexibility index (Phi) is 3.09. The summed E-state index contributed by atoms with van der Waals surface area (Å²) in [6, 6.07) is 7.61. The average Bonchev–Trinajstić information content (AvgIpc) is 2.34. The summed E-state index contributed by atoms with van der Waals surface area (Å²) in [5.41, 5.74) is 5.44. The van der Waals surface area contributed by atoms with Crippen LogP contribution < -0.4 is 15.2 Å². The van der Waals surface area contributed by atoms with Gasteiger partial charge in [-0.25, -0.2) is 9.37 Å². The number of aromatic nitrogens is 1. The molecule has 5 heteroatoms. The fourth-order valence-corrected chi connectivity index (χ4v) is 1.29. The third-order valence-electron chi connectivity index (χ3n) is 2.14. The number of halogens is 1. The van der Waals surface area contributed by atoms with Gasteiger partial charge in [-0.2, -0.15) is 0 Å². The quantitative estimate of drug-likeness (QED) is 0.829. The highest BCUT2D eigenvalue weighted by molar-refractivity contribution is 5.45. The van der Waals surface area contributed by atoms with Crippen molar-refractivity contribution in [2.45, 2.75) is 0 Å². The van der Waals surface area contributed by atoms with Crippen molar-refractivity contribution in [1.82, 2.24) is 4.98 Å². The van der Waals surface area contributed by atoms with Crippen LogP contribution >= 0.6 is 0 Å². The van der Waals surface area contributed by atoms with Gasteiger partial charge in [0.25, 0.3) is 5.88 Å². The van der Waals surface area contributed by atoms with E-state index >= 15 is 0 Å². The van der Waals surface area contributed by atoms with Crippen LogP contribution in [0.4, 0.5) is 10.1 Å². The average molecular weight is 234 g/mol. The number of nitrogen functional groups attached to an aromatic ring is 1. The minimum Gasteiger partial charge on any atom is -0.491 e. The first-order valence-electron chi connectivity index (χ1n) is 4.92. The molecule has 0 radical (unpaired) electrons. The lowest BCUT2D eigenvalue weighted by molar-refractivity contribution is 0.369. The molecule has 2 rings (SSSR count). The normalized spacial score (nSPS) is 10.0. The van der Waals surface area contributed by atoms with E-state index in [9.17, 15) is 4.39 Å². The lowest BCUT2D eigenvalue weighted by atomic mass is 10.3. The molecule has 0 aliphatic carbocycles. The van der Waals surface area contributed by atoms with Gasteiger partial charge in [-0.15, -0.1) is 0 Å². The first-order chi connectivity index (χ1) is 8.20. The first kappa shape index (κ1) is 11.2. The summed E-state index contributed by atoms with van der Waals surface area (Å²) in [5, 5.41) is 0. The van der Waals surface area contributed by atoms with Crippen molar-refractivity contribution in [2.75, 3.05) is 12.8 Å². The van der Waals surface area contributed by atoms with Crippen molar-refractivity contribution >= 4 is 5.69 Å². The molecule has 2 N–H and O–H groups in total. The van der Waals surface area contributed by atoms with E-state index in [4.69, 9.17) is 15.2 Å². The van der Waals surface area contributed by atoms with Gasteiger partial charge >= 0.3 is 0 Å². The summed E-state index contributed by atoms with van der Waals surface area (Å²) in [5.74, 6) is 0.537. The van der Waals surface area contributed by atoms with Gasteiger partial charge in [0.2, 0.25) is 0 Å². The molecule has 1 aromatic carbocycles. The number of ether oxygens (including phenoxy) is 2. The smallest absolute Gasteiger partial charge is 0.262 e. The summed E-state index contributed by atoms with van der Waals surface area (Å²) in [6.07, 6.45) is 1.56. The molecule has 0 unspecified atom stereocenters. The molecule has 88 valence electrons. The second-order valence-electron chi connectivity index (χ2n) is 3.30. The van der Waals surface area contributed by atoms with Crippen LogP contribution in [-0.4, -0.2) is 12.1 Å². The Morgan fingerprint density at radius 2 is 2.12 bits per heavy atom. The molecule has 0 saturated carbocycles. The Labute approximate surface area is 97.8 Å². The number of hydrogen-bond acceptors (Lipinski definition) is 4. The summed E-state index contributed by atoms with van der Waals surface area (Å²) in [7, 11) is 1.51. The van der Waals surface area contributed by atoms with Crippen LogP contribution in [0, 0.1) is 5.82 Å². The van der Waals surface area contributed by atoms with Gasteiger partial charge in [0.1, 0.15) is 11.6 Å². The Morgan fingerprint density at radius 3 is 2.82 bits per heavy atom. The van der Waals surface area contributed by atoms with E-state index in [1.165, 1.54) is 19.2 Å². The van der Waals surface area contributed by atoms with Crippen LogP contribution in [0.2, 0.25) is 0 Å². The van der Waals surface area contributed by atoms with E-state index in [1.54, 1.807) is 24.4 Å². The zero-order valence-electron chi connectivity index (χ0n) is 9.18. The van der Waals surface area contributed by atoms with Gasteiger partial charge in [-0.05, 0) is 24.3 Å². The van der Waals surface area contributed by atoms with E-state index in [1.807, 2.05) is 0 Å². The van der Waals surface area contributed by atoms with Crippen LogP contribution in [0.1, 0.15) is 0 Å². The Morgan fingerprint density at radius 1 is 1.29 bits per heavy atom. The number of anilines is 1. The van der Waals surface area contributed by atoms with E-state index in [0.29, 0.717) is 11.5 Å². The number of nitrogens with two attached hydrogens (primary N) is 1. The zero-order valence-corrected chi connectivity index (χ0v) is 9.18. The summed E-state index contributed by atoms with van der Waals surface area (Å²) >= 11 is 0. The summed E-state index contributed by atoms with van der Waals surface area (Å²) in [6.45, 7) is 0. The maximum Gasteiger partial charge on any atom is 0.262 e. The van der Waals surface area contributed by atoms with Gasteiger partial charge in [-0.3, -0.25) is 0 Å². The van der Waals surface area contributed by atoms with Crippen LogP contribution in [0.25, 0.3) is 0 Å². The van der Waals surface area contributed by atoms with Crippen molar-refractivity contribution in [3.8, 4) is 17.4 Å². The van der Waals surface area contributed by atoms with E-state index in [2.05, 4.69) is 4.98 Å². The van der Waals surface area contributed by atoms with Crippen molar-refractivity contribution in [1.29, 1.82) is 0 Å². The minimum absolute atomic E-state index is 0.0744. The number of hydrogen-bond donors (Lipinski definition) is 1. The highest BCUT2D eigenvalue weighted by atomic mass is 19.1. The summed E-state index contributed by atoms with van der Waals surface area (Å²) < 4.78 is 23.7. The standard InChI is InChI=1S/C12H11FN2O2/c1-16-11-3-2-6-15-12(11)17-8-4-5-10(14)9(13)7-8/h2-7H,14H2,1H3. The molecule has 0 atom stereocenters. The van der Waals surface area contributed by atoms with Gasteiger partial charge in [-0.1, -0.05) is 0 Å². The molecule has 4 nitrogen and oxygen atoms in total. The fraction of sp³-hybridized carbons (Fsp3) is 0.0833. The van der Waals surface area contributed by atoms with Crippen molar-refractivity contribution in [3.63, 3.8) is 0 Å². The third-order valence-corrected chi connectivity index (χ3v) is 2.14. The van der Waals surface area contributed by atoms with Crippen LogP contribution in [0.5, 0.6) is 17.4 Å². The lowest BCUT2D eigenvalue weighted by Crippen LogP contribution is -1.94. The number of rotatable bonds is 3. The SMILES string of the molecule is COc1cccnc1Oc1ccc(N)c(F)c1. The fourth-order valence-electron chi connectivity index (χ4n) is 1.29. The number of methoxy groups -OCH3 is 1. The lowest BCUT2D eigenvalue weighted by Gasteiger charge is -2.08. The predicted molar refractivity (Wildman–Crippen MR) is 61.7 cm³/mol. The Hall–Kier alpha value is -2.30. The van der Waals surface area contributed by atoms with E-state index < -0.39 is 5.82 Å². The second kappa shape index (κ2) is 4.69. The Balaban J connectivity index is 2.28. The highest BCUT2D eigenvalue weighted by Crippen LogP contribution is 2.29. The zero-order chi connectivity index (χ0) is 12.3. The molecule has 1 heterocycles. The molecular formula is C12H11FN2O2. The minimum atomic E-state index is -0.530. The molecule has 0 aliphatic rings. The topological polar surface area (TPSA) is 57.4 Å². The summed E-state index contributed by atoms with van der Waals surface area (Å²) in [4.78, 5) is 4.00. The largest absolute Gasteiger partial charge is 0.491 e. The molecule has 0 bridgehead atoms. The Bertz CT molecular complexity index is 532. The molecule has 0 amide bonds. The maximum absolute atomic E-state index is 13.2. The maximum atomic E-state index is 13.2. The number of pyridine rings is 1. The highest BCUT2D eigenvalue weighted by Gasteiger charge is 2.07. The second-order valence-corrected chi connectivity index (χ2v) is 3.30. The van der Waals surface area contributed by atoms with Gasteiger partial charge < -0.3 is 15.2 Å². The molecule has 0 spiro atoms. The molecule has 0 aliphatic heterocycles. The molecule has 0 fully saturated rings.